The molecule has 0 spiro atoms. The molecule has 0 atom stereocenters. The maximum absolute atomic E-state index is 6.10. The van der Waals surface area contributed by atoms with Crippen LogP contribution in [0.4, 0.5) is 0 Å². The Bertz CT molecular complexity index is 2550. The number of hydrogen-bond donors (Lipinski definition) is 0. The molecule has 0 aliphatic heterocycles. The summed E-state index contributed by atoms with van der Waals surface area (Å²) in [5.41, 5.74) is 6.86. The largest absolute Gasteiger partial charge is 0.456 e. The number of benzene rings is 7. The molecule has 4 nitrogen and oxygen atoms in total. The average Bonchev–Trinajstić information content (AvgIpc) is 3.49. The Morgan fingerprint density at radius 3 is 1.58 bits per heavy atom. The molecule has 9 aromatic rings. The van der Waals surface area contributed by atoms with Crippen LogP contribution in [0.3, 0.4) is 0 Å². The Morgan fingerprint density at radius 1 is 0.311 bits per heavy atom. The fourth-order valence-corrected chi connectivity index (χ4v) is 6.15. The van der Waals surface area contributed by atoms with Crippen molar-refractivity contribution in [2.75, 3.05) is 0 Å². The van der Waals surface area contributed by atoms with Crippen molar-refractivity contribution in [1.29, 1.82) is 0 Å². The van der Waals surface area contributed by atoms with E-state index in [1.54, 1.807) is 0 Å². The molecule has 0 aliphatic carbocycles. The van der Waals surface area contributed by atoms with Gasteiger partial charge in [-0.25, -0.2) is 15.0 Å². The first-order valence-electron chi connectivity index (χ1n) is 15.0. The zero-order valence-electron chi connectivity index (χ0n) is 24.2. The van der Waals surface area contributed by atoms with Crippen molar-refractivity contribution in [1.82, 2.24) is 15.0 Å². The Kier molecular flexibility index (Phi) is 5.78. The van der Waals surface area contributed by atoms with Gasteiger partial charge in [-0.1, -0.05) is 109 Å². The standard InChI is InChI=1S/C41H25N3O/c1-2-8-26(9-3-1)30-17-14-28-16-19-32(24-34(28)23-30)40-42-39(31-18-15-27-10-4-5-11-29(27)22-31)43-41(44-40)33-20-21-38-36(25-33)35-12-6-7-13-37(35)45-38/h1-25H. The molecule has 0 N–H and O–H groups in total. The second kappa shape index (κ2) is 10.2. The van der Waals surface area contributed by atoms with Crippen LogP contribution in [0.1, 0.15) is 0 Å². The zero-order valence-corrected chi connectivity index (χ0v) is 24.2. The number of rotatable bonds is 4. The van der Waals surface area contributed by atoms with E-state index in [1.165, 1.54) is 21.9 Å². The van der Waals surface area contributed by atoms with Gasteiger partial charge in [0.2, 0.25) is 0 Å². The summed E-state index contributed by atoms with van der Waals surface area (Å²) in [6, 6.07) is 52.4. The molecule has 0 radical (unpaired) electrons. The molecule has 210 valence electrons. The van der Waals surface area contributed by atoms with E-state index in [9.17, 15) is 0 Å². The molecule has 0 saturated carbocycles. The molecule has 7 aromatic carbocycles. The van der Waals surface area contributed by atoms with E-state index in [0.29, 0.717) is 17.5 Å². The van der Waals surface area contributed by atoms with Crippen LogP contribution in [-0.2, 0) is 0 Å². The molecule has 4 heteroatoms. The average molecular weight is 576 g/mol. The van der Waals surface area contributed by atoms with Crippen LogP contribution in [0, 0.1) is 0 Å². The maximum Gasteiger partial charge on any atom is 0.164 e. The minimum atomic E-state index is 0.619. The lowest BCUT2D eigenvalue weighted by Gasteiger charge is -2.10. The van der Waals surface area contributed by atoms with Crippen molar-refractivity contribution in [3.8, 4) is 45.3 Å². The lowest BCUT2D eigenvalue weighted by Crippen LogP contribution is -2.00. The van der Waals surface area contributed by atoms with Gasteiger partial charge in [0.25, 0.3) is 0 Å². The molecule has 9 rings (SSSR count). The Balaban J connectivity index is 1.23. The normalized spacial score (nSPS) is 11.6. The van der Waals surface area contributed by atoms with Crippen molar-refractivity contribution in [3.05, 3.63) is 152 Å². The van der Waals surface area contributed by atoms with Crippen LogP contribution >= 0.6 is 0 Å². The highest BCUT2D eigenvalue weighted by Gasteiger charge is 2.15. The van der Waals surface area contributed by atoms with Gasteiger partial charge in [0.05, 0.1) is 0 Å². The van der Waals surface area contributed by atoms with E-state index in [2.05, 4.69) is 115 Å². The van der Waals surface area contributed by atoms with E-state index in [-0.39, 0.29) is 0 Å². The summed E-state index contributed by atoms with van der Waals surface area (Å²) in [4.78, 5) is 15.2. The van der Waals surface area contributed by atoms with E-state index in [4.69, 9.17) is 19.4 Å². The first kappa shape index (κ1) is 25.4. The Labute approximate surface area is 259 Å². The van der Waals surface area contributed by atoms with Gasteiger partial charge < -0.3 is 4.42 Å². The van der Waals surface area contributed by atoms with Crippen molar-refractivity contribution >= 4 is 43.5 Å². The second-order valence-electron chi connectivity index (χ2n) is 11.3. The Morgan fingerprint density at radius 2 is 0.822 bits per heavy atom. The molecule has 0 fully saturated rings. The van der Waals surface area contributed by atoms with Gasteiger partial charge in [-0.2, -0.15) is 0 Å². The monoisotopic (exact) mass is 575 g/mol. The third kappa shape index (κ3) is 4.52. The van der Waals surface area contributed by atoms with Crippen LogP contribution in [-0.4, -0.2) is 15.0 Å². The van der Waals surface area contributed by atoms with Crippen LogP contribution in [0.2, 0.25) is 0 Å². The minimum Gasteiger partial charge on any atom is -0.456 e. The third-order valence-corrected chi connectivity index (χ3v) is 8.48. The van der Waals surface area contributed by atoms with Crippen molar-refractivity contribution in [3.63, 3.8) is 0 Å². The lowest BCUT2D eigenvalue weighted by atomic mass is 9.99. The van der Waals surface area contributed by atoms with Crippen LogP contribution in [0.5, 0.6) is 0 Å². The number of nitrogens with zero attached hydrogens (tertiary/aromatic N) is 3. The van der Waals surface area contributed by atoms with Gasteiger partial charge in [0.1, 0.15) is 11.2 Å². The van der Waals surface area contributed by atoms with E-state index >= 15 is 0 Å². The summed E-state index contributed by atoms with van der Waals surface area (Å²) in [6.45, 7) is 0. The summed E-state index contributed by atoms with van der Waals surface area (Å²) in [5.74, 6) is 1.89. The highest BCUT2D eigenvalue weighted by atomic mass is 16.3. The lowest BCUT2D eigenvalue weighted by molar-refractivity contribution is 0.669. The van der Waals surface area contributed by atoms with Gasteiger partial charge in [-0.3, -0.25) is 0 Å². The Hall–Kier alpha value is -6.13. The van der Waals surface area contributed by atoms with E-state index in [1.807, 2.05) is 36.4 Å². The van der Waals surface area contributed by atoms with Gasteiger partial charge in [-0.15, -0.1) is 0 Å². The smallest absolute Gasteiger partial charge is 0.164 e. The third-order valence-electron chi connectivity index (χ3n) is 8.48. The van der Waals surface area contributed by atoms with Crippen LogP contribution in [0.15, 0.2) is 156 Å². The van der Waals surface area contributed by atoms with E-state index in [0.717, 1.165) is 49.4 Å². The molecule has 2 aromatic heterocycles. The van der Waals surface area contributed by atoms with Crippen LogP contribution in [0.25, 0.3) is 88.8 Å². The van der Waals surface area contributed by atoms with Crippen molar-refractivity contribution in [2.24, 2.45) is 0 Å². The molecule has 2 heterocycles. The number of hydrogen-bond acceptors (Lipinski definition) is 4. The summed E-state index contributed by atoms with van der Waals surface area (Å²) in [7, 11) is 0. The topological polar surface area (TPSA) is 51.8 Å². The molecule has 0 aliphatic rings. The summed E-state index contributed by atoms with van der Waals surface area (Å²) in [5, 5.41) is 6.73. The fourth-order valence-electron chi connectivity index (χ4n) is 6.15. The predicted molar refractivity (Wildman–Crippen MR) is 184 cm³/mol. The maximum atomic E-state index is 6.10. The number of fused-ring (bicyclic) bond motifs is 5. The second-order valence-corrected chi connectivity index (χ2v) is 11.3. The molecular formula is C41H25N3O. The fraction of sp³-hybridized carbons (Fsp3) is 0. The van der Waals surface area contributed by atoms with Gasteiger partial charge in [0, 0.05) is 27.5 Å². The first-order chi connectivity index (χ1) is 22.2. The van der Waals surface area contributed by atoms with Crippen molar-refractivity contribution < 1.29 is 4.42 Å². The number of aromatic nitrogens is 3. The molecule has 0 bridgehead atoms. The molecule has 45 heavy (non-hydrogen) atoms. The van der Waals surface area contributed by atoms with Crippen molar-refractivity contribution in [2.45, 2.75) is 0 Å². The SMILES string of the molecule is c1ccc(-c2ccc3ccc(-c4nc(-c5ccc6ccccc6c5)nc(-c5ccc6oc7ccccc7c6c5)n4)cc3c2)cc1. The minimum absolute atomic E-state index is 0.619. The number of furan rings is 1. The zero-order chi connectivity index (χ0) is 29.7. The molecule has 0 amide bonds. The highest BCUT2D eigenvalue weighted by Crippen LogP contribution is 2.34. The molecule has 0 unspecified atom stereocenters. The van der Waals surface area contributed by atoms with Gasteiger partial charge >= 0.3 is 0 Å². The molecule has 0 saturated heterocycles. The predicted octanol–water partition coefficient (Wildman–Crippen LogP) is 10.7. The number of para-hydroxylation sites is 1. The first-order valence-corrected chi connectivity index (χ1v) is 15.0. The summed E-state index contributed by atoms with van der Waals surface area (Å²) < 4.78 is 6.10. The molecular weight excluding hydrogens is 550 g/mol. The highest BCUT2D eigenvalue weighted by molar-refractivity contribution is 6.06. The van der Waals surface area contributed by atoms with Gasteiger partial charge in [0.15, 0.2) is 17.5 Å². The van der Waals surface area contributed by atoms with Gasteiger partial charge in [-0.05, 0) is 75.1 Å². The summed E-state index contributed by atoms with van der Waals surface area (Å²) in [6.07, 6.45) is 0. The van der Waals surface area contributed by atoms with Crippen LogP contribution < -0.4 is 0 Å². The van der Waals surface area contributed by atoms with E-state index < -0.39 is 0 Å². The summed E-state index contributed by atoms with van der Waals surface area (Å²) >= 11 is 0. The quantitative estimate of drug-likeness (QED) is 0.209.